The Labute approximate surface area is 102 Å². The van der Waals surface area contributed by atoms with Crippen molar-refractivity contribution in [1.29, 1.82) is 0 Å². The monoisotopic (exact) mass is 237 g/mol. The van der Waals surface area contributed by atoms with Gasteiger partial charge in [0.25, 0.3) is 5.91 Å². The third kappa shape index (κ3) is 4.07. The van der Waals surface area contributed by atoms with E-state index in [2.05, 4.69) is 5.32 Å². The van der Waals surface area contributed by atoms with Crippen LogP contribution in [0.1, 0.15) is 29.8 Å². The van der Waals surface area contributed by atoms with Gasteiger partial charge in [-0.1, -0.05) is 0 Å². The zero-order valence-corrected chi connectivity index (χ0v) is 10.5. The lowest BCUT2D eigenvalue weighted by molar-refractivity contribution is 0.0944. The molecule has 0 aromatic heterocycles. The zero-order valence-electron chi connectivity index (χ0n) is 10.5. The summed E-state index contributed by atoms with van der Waals surface area (Å²) in [6, 6.07) is 5.30. The molecule has 2 N–H and O–H groups in total. The second kappa shape index (κ2) is 6.25. The van der Waals surface area contributed by atoms with Gasteiger partial charge in [0.2, 0.25) is 0 Å². The standard InChI is InChI=1S/C13H19NO3/c1-9(2)17-12-5-4-11(8-10(12)3)13(16)14-6-7-15/h4-5,8-9,15H,6-7H2,1-3H3,(H,14,16). The van der Waals surface area contributed by atoms with Crippen LogP contribution < -0.4 is 10.1 Å². The molecule has 1 aromatic rings. The molecular weight excluding hydrogens is 218 g/mol. The van der Waals surface area contributed by atoms with Crippen molar-refractivity contribution in [2.24, 2.45) is 0 Å². The topological polar surface area (TPSA) is 58.6 Å². The van der Waals surface area contributed by atoms with Gasteiger partial charge in [-0.2, -0.15) is 0 Å². The Kier molecular flexibility index (Phi) is 4.97. The number of ether oxygens (including phenoxy) is 1. The van der Waals surface area contributed by atoms with E-state index in [0.29, 0.717) is 5.56 Å². The molecule has 94 valence electrons. The molecule has 4 nitrogen and oxygen atoms in total. The van der Waals surface area contributed by atoms with Crippen LogP contribution in [0.2, 0.25) is 0 Å². The number of hydrogen-bond acceptors (Lipinski definition) is 3. The number of carbonyl (C=O) groups excluding carboxylic acids is 1. The minimum Gasteiger partial charge on any atom is -0.491 e. The summed E-state index contributed by atoms with van der Waals surface area (Å²) >= 11 is 0. The quantitative estimate of drug-likeness (QED) is 0.816. The van der Waals surface area contributed by atoms with Gasteiger partial charge in [-0.3, -0.25) is 4.79 Å². The third-order valence-corrected chi connectivity index (χ3v) is 2.20. The molecule has 0 unspecified atom stereocenters. The van der Waals surface area contributed by atoms with Crippen LogP contribution in [0.4, 0.5) is 0 Å². The number of rotatable bonds is 5. The molecule has 0 aliphatic rings. The van der Waals surface area contributed by atoms with E-state index in [0.717, 1.165) is 11.3 Å². The van der Waals surface area contributed by atoms with Crippen LogP contribution in [0, 0.1) is 6.92 Å². The fraction of sp³-hybridized carbons (Fsp3) is 0.462. The number of aryl methyl sites for hydroxylation is 1. The molecule has 1 aromatic carbocycles. The first-order valence-corrected chi connectivity index (χ1v) is 5.71. The highest BCUT2D eigenvalue weighted by atomic mass is 16.5. The number of carbonyl (C=O) groups is 1. The largest absolute Gasteiger partial charge is 0.491 e. The van der Waals surface area contributed by atoms with Gasteiger partial charge in [0.15, 0.2) is 0 Å². The minimum atomic E-state index is -0.182. The second-order valence-corrected chi connectivity index (χ2v) is 4.13. The maximum Gasteiger partial charge on any atom is 0.251 e. The molecule has 4 heteroatoms. The highest BCUT2D eigenvalue weighted by Gasteiger charge is 2.08. The van der Waals surface area contributed by atoms with Gasteiger partial charge in [-0.25, -0.2) is 0 Å². The Morgan fingerprint density at radius 2 is 2.18 bits per heavy atom. The van der Waals surface area contributed by atoms with Crippen molar-refractivity contribution in [2.75, 3.05) is 13.2 Å². The van der Waals surface area contributed by atoms with Crippen LogP contribution in [0.25, 0.3) is 0 Å². The normalized spacial score (nSPS) is 10.4. The summed E-state index contributed by atoms with van der Waals surface area (Å²) in [6.07, 6.45) is 0.114. The molecule has 0 saturated heterocycles. The fourth-order valence-corrected chi connectivity index (χ4v) is 1.45. The molecule has 0 heterocycles. The Bertz CT molecular complexity index is 388. The molecule has 0 bridgehead atoms. The van der Waals surface area contributed by atoms with E-state index in [-0.39, 0.29) is 25.2 Å². The summed E-state index contributed by atoms with van der Waals surface area (Å²) in [5, 5.41) is 11.2. The highest BCUT2D eigenvalue weighted by molar-refractivity contribution is 5.94. The number of aliphatic hydroxyl groups excluding tert-OH is 1. The first kappa shape index (κ1) is 13.5. The number of nitrogens with one attached hydrogen (secondary N) is 1. The molecule has 0 aliphatic carbocycles. The van der Waals surface area contributed by atoms with Crippen LogP contribution >= 0.6 is 0 Å². The lowest BCUT2D eigenvalue weighted by atomic mass is 10.1. The van der Waals surface area contributed by atoms with E-state index in [1.807, 2.05) is 20.8 Å². The summed E-state index contributed by atoms with van der Waals surface area (Å²) in [5.74, 6) is 0.608. The Morgan fingerprint density at radius 1 is 1.47 bits per heavy atom. The van der Waals surface area contributed by atoms with Gasteiger partial charge in [0.1, 0.15) is 5.75 Å². The van der Waals surface area contributed by atoms with Crippen LogP contribution in [0.5, 0.6) is 5.75 Å². The summed E-state index contributed by atoms with van der Waals surface area (Å²) < 4.78 is 5.59. The summed E-state index contributed by atoms with van der Waals surface area (Å²) in [4.78, 5) is 11.6. The molecule has 0 spiro atoms. The van der Waals surface area contributed by atoms with Crippen LogP contribution in [-0.2, 0) is 0 Å². The molecule has 0 aliphatic heterocycles. The van der Waals surface area contributed by atoms with Crippen molar-refractivity contribution < 1.29 is 14.6 Å². The van der Waals surface area contributed by atoms with Crippen molar-refractivity contribution in [3.63, 3.8) is 0 Å². The van der Waals surface area contributed by atoms with Gasteiger partial charge >= 0.3 is 0 Å². The smallest absolute Gasteiger partial charge is 0.251 e. The number of aliphatic hydroxyl groups is 1. The number of hydrogen-bond donors (Lipinski definition) is 2. The van der Waals surface area contributed by atoms with E-state index in [9.17, 15) is 4.79 Å². The molecule has 17 heavy (non-hydrogen) atoms. The van der Waals surface area contributed by atoms with Crippen LogP contribution in [-0.4, -0.2) is 30.3 Å². The minimum absolute atomic E-state index is 0.0563. The SMILES string of the molecule is Cc1cc(C(=O)NCCO)ccc1OC(C)C. The lowest BCUT2D eigenvalue weighted by Gasteiger charge is -2.13. The molecular formula is C13H19NO3. The van der Waals surface area contributed by atoms with Crippen LogP contribution in [0.3, 0.4) is 0 Å². The molecule has 0 fully saturated rings. The molecule has 0 atom stereocenters. The summed E-state index contributed by atoms with van der Waals surface area (Å²) in [7, 11) is 0. The maximum atomic E-state index is 11.6. The maximum absolute atomic E-state index is 11.6. The Balaban J connectivity index is 2.77. The van der Waals surface area contributed by atoms with Gasteiger partial charge in [-0.05, 0) is 44.5 Å². The lowest BCUT2D eigenvalue weighted by Crippen LogP contribution is -2.26. The van der Waals surface area contributed by atoms with Gasteiger partial charge < -0.3 is 15.2 Å². The fourth-order valence-electron chi connectivity index (χ4n) is 1.45. The first-order chi connectivity index (χ1) is 8.04. The van der Waals surface area contributed by atoms with Gasteiger partial charge in [-0.15, -0.1) is 0 Å². The van der Waals surface area contributed by atoms with Crippen LogP contribution in [0.15, 0.2) is 18.2 Å². The van der Waals surface area contributed by atoms with E-state index in [1.54, 1.807) is 18.2 Å². The molecule has 1 amide bonds. The number of benzene rings is 1. The zero-order chi connectivity index (χ0) is 12.8. The van der Waals surface area contributed by atoms with Crippen molar-refractivity contribution in [1.82, 2.24) is 5.32 Å². The first-order valence-electron chi connectivity index (χ1n) is 5.71. The van der Waals surface area contributed by atoms with E-state index in [4.69, 9.17) is 9.84 Å². The number of amides is 1. The highest BCUT2D eigenvalue weighted by Crippen LogP contribution is 2.20. The average Bonchev–Trinajstić information content (AvgIpc) is 2.28. The predicted molar refractivity (Wildman–Crippen MR) is 66.4 cm³/mol. The molecule has 0 saturated carbocycles. The van der Waals surface area contributed by atoms with Gasteiger partial charge in [0.05, 0.1) is 12.7 Å². The molecule has 1 rings (SSSR count). The van der Waals surface area contributed by atoms with E-state index < -0.39 is 0 Å². The summed E-state index contributed by atoms with van der Waals surface area (Å²) in [6.45, 7) is 6.03. The van der Waals surface area contributed by atoms with Crippen molar-refractivity contribution in [2.45, 2.75) is 26.9 Å². The van der Waals surface area contributed by atoms with Crippen molar-refractivity contribution >= 4 is 5.91 Å². The van der Waals surface area contributed by atoms with Gasteiger partial charge in [0, 0.05) is 12.1 Å². The molecule has 0 radical (unpaired) electrons. The predicted octanol–water partition coefficient (Wildman–Crippen LogP) is 1.50. The van der Waals surface area contributed by atoms with E-state index in [1.165, 1.54) is 0 Å². The average molecular weight is 237 g/mol. The second-order valence-electron chi connectivity index (χ2n) is 4.13. The van der Waals surface area contributed by atoms with Crippen molar-refractivity contribution in [3.8, 4) is 5.75 Å². The summed E-state index contributed by atoms with van der Waals surface area (Å²) in [5.41, 5.74) is 1.50. The third-order valence-electron chi connectivity index (χ3n) is 2.20. The Morgan fingerprint density at radius 3 is 2.71 bits per heavy atom. The van der Waals surface area contributed by atoms with E-state index >= 15 is 0 Å². The van der Waals surface area contributed by atoms with Crippen molar-refractivity contribution in [3.05, 3.63) is 29.3 Å². The Hall–Kier alpha value is -1.55.